The second-order valence-corrected chi connectivity index (χ2v) is 6.33. The van der Waals surface area contributed by atoms with Crippen molar-refractivity contribution in [3.05, 3.63) is 24.3 Å². The van der Waals surface area contributed by atoms with Crippen LogP contribution in [-0.4, -0.2) is 24.4 Å². The van der Waals surface area contributed by atoms with Gasteiger partial charge >= 0.3 is 0 Å². The predicted octanol–water partition coefficient (Wildman–Crippen LogP) is 3.16. The molecule has 1 aliphatic heterocycles. The molecule has 1 heterocycles. The fourth-order valence-corrected chi connectivity index (χ4v) is 2.81. The summed E-state index contributed by atoms with van der Waals surface area (Å²) in [5, 5.41) is 3.52. The molecule has 0 aromatic heterocycles. The number of carbonyl (C=O) groups excluding carboxylic acids is 1. The number of hydrogen-bond donors (Lipinski definition) is 1. The van der Waals surface area contributed by atoms with Crippen molar-refractivity contribution in [1.29, 1.82) is 0 Å². The molecular formula is C14H19NO2S. The van der Waals surface area contributed by atoms with E-state index >= 15 is 0 Å². The summed E-state index contributed by atoms with van der Waals surface area (Å²) < 4.78 is 5.24. The highest BCUT2D eigenvalue weighted by molar-refractivity contribution is 8.00. The highest BCUT2D eigenvalue weighted by Gasteiger charge is 2.24. The van der Waals surface area contributed by atoms with Gasteiger partial charge in [-0.15, -0.1) is 11.8 Å². The van der Waals surface area contributed by atoms with Crippen molar-refractivity contribution >= 4 is 23.4 Å². The Balaban J connectivity index is 2.05. The predicted molar refractivity (Wildman–Crippen MR) is 75.0 cm³/mol. The van der Waals surface area contributed by atoms with Gasteiger partial charge in [0.25, 0.3) is 0 Å². The van der Waals surface area contributed by atoms with Crippen LogP contribution in [-0.2, 0) is 9.53 Å². The van der Waals surface area contributed by atoms with E-state index in [1.165, 1.54) is 0 Å². The number of thioether (sulfide) groups is 1. The molecule has 0 radical (unpaired) electrons. The average Bonchev–Trinajstić information content (AvgIpc) is 2.84. The van der Waals surface area contributed by atoms with E-state index in [-0.39, 0.29) is 11.8 Å². The minimum Gasteiger partial charge on any atom is -0.381 e. The molecular weight excluding hydrogens is 246 g/mol. The van der Waals surface area contributed by atoms with Crippen molar-refractivity contribution in [3.8, 4) is 0 Å². The van der Waals surface area contributed by atoms with E-state index in [2.05, 4.69) is 19.2 Å². The quantitative estimate of drug-likeness (QED) is 0.850. The van der Waals surface area contributed by atoms with Crippen LogP contribution in [0.15, 0.2) is 29.2 Å². The number of benzene rings is 1. The summed E-state index contributed by atoms with van der Waals surface area (Å²) in [5.74, 6) is 0.0754. The van der Waals surface area contributed by atoms with Crippen LogP contribution in [0.4, 0.5) is 5.69 Å². The van der Waals surface area contributed by atoms with Crippen molar-refractivity contribution in [2.45, 2.75) is 30.4 Å². The lowest BCUT2D eigenvalue weighted by Gasteiger charge is -2.14. The first kappa shape index (κ1) is 13.4. The third-order valence-electron chi connectivity index (χ3n) is 2.81. The summed E-state index contributed by atoms with van der Waals surface area (Å²) in [6, 6.07) is 7.95. The fraction of sp³-hybridized carbons (Fsp3) is 0.500. The van der Waals surface area contributed by atoms with Crippen LogP contribution < -0.4 is 5.32 Å². The molecule has 0 spiro atoms. The first-order valence-corrected chi connectivity index (χ1v) is 7.19. The lowest BCUT2D eigenvalue weighted by Crippen LogP contribution is -2.23. The number of anilines is 1. The number of para-hydroxylation sites is 1. The van der Waals surface area contributed by atoms with Gasteiger partial charge in [0.05, 0.1) is 18.2 Å². The van der Waals surface area contributed by atoms with Crippen molar-refractivity contribution < 1.29 is 9.53 Å². The van der Waals surface area contributed by atoms with E-state index in [4.69, 9.17) is 4.74 Å². The van der Waals surface area contributed by atoms with Crippen LogP contribution in [0.3, 0.4) is 0 Å². The topological polar surface area (TPSA) is 38.3 Å². The van der Waals surface area contributed by atoms with Crippen LogP contribution in [0.25, 0.3) is 0 Å². The smallest absolute Gasteiger partial charge is 0.229 e. The summed E-state index contributed by atoms with van der Waals surface area (Å²) in [6.45, 7) is 5.54. The number of hydrogen-bond acceptors (Lipinski definition) is 3. The van der Waals surface area contributed by atoms with Gasteiger partial charge in [0.1, 0.15) is 0 Å². The minimum absolute atomic E-state index is 0.00195. The molecule has 0 saturated carbocycles. The van der Waals surface area contributed by atoms with Gasteiger partial charge in [0.15, 0.2) is 0 Å². The molecule has 1 aromatic rings. The molecule has 1 N–H and O–H groups in total. The molecule has 0 bridgehead atoms. The molecule has 98 valence electrons. The fourth-order valence-electron chi connectivity index (χ4n) is 1.90. The summed E-state index contributed by atoms with van der Waals surface area (Å²) in [7, 11) is 0. The molecule has 1 amide bonds. The van der Waals surface area contributed by atoms with Gasteiger partial charge in [0.2, 0.25) is 5.91 Å². The van der Waals surface area contributed by atoms with Gasteiger partial charge in [-0.2, -0.15) is 0 Å². The van der Waals surface area contributed by atoms with Gasteiger partial charge < -0.3 is 10.1 Å². The zero-order valence-corrected chi connectivity index (χ0v) is 11.6. The molecule has 1 unspecified atom stereocenters. The molecule has 1 saturated heterocycles. The third-order valence-corrected chi connectivity index (χ3v) is 3.89. The standard InChI is InChI=1S/C14H19NO2S/c1-10(2)18-13-6-4-3-5-12(13)15-14(16)11-7-8-17-9-11/h3-6,10-11H,7-9H2,1-2H3,(H,15,16). The Hall–Kier alpha value is -1.00. The van der Waals surface area contributed by atoms with Crippen molar-refractivity contribution in [2.24, 2.45) is 5.92 Å². The van der Waals surface area contributed by atoms with Crippen molar-refractivity contribution in [1.82, 2.24) is 0 Å². The highest BCUT2D eigenvalue weighted by Crippen LogP contribution is 2.30. The molecule has 3 nitrogen and oxygen atoms in total. The second-order valence-electron chi connectivity index (χ2n) is 4.71. The zero-order chi connectivity index (χ0) is 13.0. The molecule has 1 fully saturated rings. The summed E-state index contributed by atoms with van der Waals surface area (Å²) in [4.78, 5) is 13.2. The van der Waals surface area contributed by atoms with E-state index in [1.807, 2.05) is 24.3 Å². The van der Waals surface area contributed by atoms with Crippen molar-refractivity contribution in [3.63, 3.8) is 0 Å². The molecule has 1 aliphatic rings. The molecule has 18 heavy (non-hydrogen) atoms. The van der Waals surface area contributed by atoms with E-state index in [1.54, 1.807) is 11.8 Å². The van der Waals surface area contributed by atoms with Gasteiger partial charge in [-0.25, -0.2) is 0 Å². The Labute approximate surface area is 112 Å². The molecule has 1 atom stereocenters. The summed E-state index contributed by atoms with van der Waals surface area (Å²) in [5.41, 5.74) is 0.910. The van der Waals surface area contributed by atoms with Gasteiger partial charge in [-0.1, -0.05) is 26.0 Å². The Kier molecular flexibility index (Phi) is 4.66. The van der Waals surface area contributed by atoms with Crippen LogP contribution in [0.2, 0.25) is 0 Å². The summed E-state index contributed by atoms with van der Waals surface area (Å²) >= 11 is 1.76. The van der Waals surface area contributed by atoms with E-state index in [0.717, 1.165) is 17.0 Å². The lowest BCUT2D eigenvalue weighted by molar-refractivity contribution is -0.119. The summed E-state index contributed by atoms with van der Waals surface area (Å²) in [6.07, 6.45) is 0.825. The number of nitrogens with one attached hydrogen (secondary N) is 1. The first-order chi connectivity index (χ1) is 8.66. The van der Waals surface area contributed by atoms with Crippen LogP contribution in [0.5, 0.6) is 0 Å². The van der Waals surface area contributed by atoms with E-state index < -0.39 is 0 Å². The van der Waals surface area contributed by atoms with Crippen LogP contribution in [0.1, 0.15) is 20.3 Å². The monoisotopic (exact) mass is 265 g/mol. The lowest BCUT2D eigenvalue weighted by atomic mass is 10.1. The Bertz CT molecular complexity index is 414. The molecule has 2 rings (SSSR count). The van der Waals surface area contributed by atoms with Crippen LogP contribution >= 0.6 is 11.8 Å². The molecule has 4 heteroatoms. The number of ether oxygens (including phenoxy) is 1. The van der Waals surface area contributed by atoms with Gasteiger partial charge in [-0.3, -0.25) is 4.79 Å². The van der Waals surface area contributed by atoms with Crippen molar-refractivity contribution in [2.75, 3.05) is 18.5 Å². The van der Waals surface area contributed by atoms with Gasteiger partial charge in [0, 0.05) is 16.8 Å². The first-order valence-electron chi connectivity index (χ1n) is 6.31. The Morgan fingerprint density at radius 2 is 2.22 bits per heavy atom. The highest BCUT2D eigenvalue weighted by atomic mass is 32.2. The maximum atomic E-state index is 12.1. The number of rotatable bonds is 4. The third kappa shape index (κ3) is 3.50. The van der Waals surface area contributed by atoms with E-state index in [9.17, 15) is 4.79 Å². The Morgan fingerprint density at radius 3 is 2.89 bits per heavy atom. The molecule has 1 aromatic carbocycles. The number of carbonyl (C=O) groups is 1. The maximum absolute atomic E-state index is 12.1. The zero-order valence-electron chi connectivity index (χ0n) is 10.8. The van der Waals surface area contributed by atoms with Crippen LogP contribution in [0, 0.1) is 5.92 Å². The Morgan fingerprint density at radius 1 is 1.44 bits per heavy atom. The number of amides is 1. The largest absolute Gasteiger partial charge is 0.381 e. The average molecular weight is 265 g/mol. The minimum atomic E-state index is 0.00195. The van der Waals surface area contributed by atoms with E-state index in [0.29, 0.717) is 18.5 Å². The second kappa shape index (κ2) is 6.25. The normalized spacial score (nSPS) is 19.2. The maximum Gasteiger partial charge on any atom is 0.229 e. The molecule has 0 aliphatic carbocycles. The van der Waals surface area contributed by atoms with Gasteiger partial charge in [-0.05, 0) is 18.6 Å². The SMILES string of the molecule is CC(C)Sc1ccccc1NC(=O)C1CCOC1.